The van der Waals surface area contributed by atoms with Crippen molar-refractivity contribution in [3.05, 3.63) is 120 Å². The van der Waals surface area contributed by atoms with Crippen molar-refractivity contribution in [2.45, 2.75) is 13.8 Å². The highest BCUT2D eigenvalue weighted by atomic mass is 16.5. The van der Waals surface area contributed by atoms with E-state index in [0.29, 0.717) is 0 Å². The van der Waals surface area contributed by atoms with E-state index < -0.39 is 0 Å². The maximum Gasteiger partial charge on any atom is 0.129 e. The van der Waals surface area contributed by atoms with Crippen LogP contribution in [0.1, 0.15) is 11.1 Å². The van der Waals surface area contributed by atoms with E-state index >= 15 is 0 Å². The van der Waals surface area contributed by atoms with Gasteiger partial charge in [0.2, 0.25) is 0 Å². The summed E-state index contributed by atoms with van der Waals surface area (Å²) < 4.78 is 6.35. The highest BCUT2D eigenvalue weighted by Crippen LogP contribution is 2.42. The lowest BCUT2D eigenvalue weighted by atomic mass is 10.0. The highest BCUT2D eigenvalue weighted by Gasteiger charge is 2.25. The van der Waals surface area contributed by atoms with Crippen LogP contribution in [0.3, 0.4) is 0 Å². The van der Waals surface area contributed by atoms with Crippen molar-refractivity contribution in [3.63, 3.8) is 0 Å². The van der Waals surface area contributed by atoms with Crippen LogP contribution in [0.25, 0.3) is 22.4 Å². The zero-order valence-corrected chi connectivity index (χ0v) is 21.3. The van der Waals surface area contributed by atoms with E-state index in [1.54, 1.807) is 0 Å². The number of hydrogen-bond acceptors (Lipinski definition) is 4. The molecule has 0 atom stereocenters. The number of aryl methyl sites for hydroxylation is 2. The maximum absolute atomic E-state index is 6.35. The van der Waals surface area contributed by atoms with Gasteiger partial charge in [0.15, 0.2) is 0 Å². The topological polar surface area (TPSA) is 28.6 Å². The smallest absolute Gasteiger partial charge is 0.129 e. The summed E-state index contributed by atoms with van der Waals surface area (Å²) >= 11 is 0. The van der Waals surface area contributed by atoms with Crippen molar-refractivity contribution in [2.75, 3.05) is 23.5 Å². The zero-order valence-electron chi connectivity index (χ0n) is 21.3. The van der Waals surface area contributed by atoms with Crippen molar-refractivity contribution >= 4 is 17.1 Å². The largest absolute Gasteiger partial charge is 0.457 e. The molecule has 0 radical (unpaired) electrons. The second-order valence-corrected chi connectivity index (χ2v) is 9.62. The van der Waals surface area contributed by atoms with E-state index in [9.17, 15) is 0 Å². The molecular weight excluding hydrogens is 454 g/mol. The van der Waals surface area contributed by atoms with Crippen molar-refractivity contribution in [3.8, 4) is 33.9 Å². The van der Waals surface area contributed by atoms with E-state index in [1.165, 1.54) is 28.1 Å². The van der Waals surface area contributed by atoms with Gasteiger partial charge in [0.25, 0.3) is 0 Å². The van der Waals surface area contributed by atoms with Crippen LogP contribution in [0, 0.1) is 13.8 Å². The summed E-state index contributed by atoms with van der Waals surface area (Å²) in [6, 6.07) is 35.5. The molecule has 0 fully saturated rings. The van der Waals surface area contributed by atoms with E-state index in [-0.39, 0.29) is 0 Å². The Bertz CT molecular complexity index is 1580. The van der Waals surface area contributed by atoms with Crippen LogP contribution in [0.2, 0.25) is 0 Å². The summed E-state index contributed by atoms with van der Waals surface area (Å²) in [5.74, 6) is 1.59. The van der Waals surface area contributed by atoms with Crippen LogP contribution in [-0.4, -0.2) is 18.7 Å². The van der Waals surface area contributed by atoms with Crippen molar-refractivity contribution < 1.29 is 4.74 Å². The van der Waals surface area contributed by atoms with Crippen molar-refractivity contribution in [1.29, 1.82) is 0 Å². The van der Waals surface area contributed by atoms with Gasteiger partial charge in [-0.15, -0.1) is 0 Å². The van der Waals surface area contributed by atoms with Gasteiger partial charge in [-0.3, -0.25) is 4.98 Å². The Hall–Kier alpha value is -4.57. The molecule has 4 heteroatoms. The monoisotopic (exact) mass is 483 g/mol. The van der Waals surface area contributed by atoms with Crippen molar-refractivity contribution in [1.82, 2.24) is 4.98 Å². The number of nitrogens with zero attached hydrogens (tertiary/aromatic N) is 3. The van der Waals surface area contributed by atoms with E-state index in [4.69, 9.17) is 4.74 Å². The minimum Gasteiger partial charge on any atom is -0.457 e. The molecule has 5 aromatic rings. The second-order valence-electron chi connectivity index (χ2n) is 9.62. The van der Waals surface area contributed by atoms with Gasteiger partial charge in [0, 0.05) is 30.6 Å². The normalized spacial score (nSPS) is 12.5. The summed E-state index contributed by atoms with van der Waals surface area (Å²) in [6.07, 6.45) is 1.86. The molecule has 0 saturated heterocycles. The minimum atomic E-state index is 0.784. The van der Waals surface area contributed by atoms with Gasteiger partial charge in [0.1, 0.15) is 11.5 Å². The quantitative estimate of drug-likeness (QED) is 0.251. The van der Waals surface area contributed by atoms with Gasteiger partial charge in [-0.2, -0.15) is 0 Å². The molecule has 1 aliphatic heterocycles. The fraction of sp³-hybridized carbons (Fsp3) is 0.121. The molecule has 0 saturated carbocycles. The third-order valence-corrected chi connectivity index (χ3v) is 7.01. The van der Waals surface area contributed by atoms with E-state index in [0.717, 1.165) is 40.7 Å². The summed E-state index contributed by atoms with van der Waals surface area (Å²) in [4.78, 5) is 9.25. The number of aromatic nitrogens is 1. The van der Waals surface area contributed by atoms with Gasteiger partial charge >= 0.3 is 0 Å². The number of rotatable bonds is 5. The Morgan fingerprint density at radius 3 is 2.16 bits per heavy atom. The molecule has 0 unspecified atom stereocenters. The lowest BCUT2D eigenvalue weighted by Crippen LogP contribution is -2.23. The van der Waals surface area contributed by atoms with E-state index in [2.05, 4.69) is 108 Å². The van der Waals surface area contributed by atoms with Crippen LogP contribution in [-0.2, 0) is 0 Å². The van der Waals surface area contributed by atoms with Crippen LogP contribution < -0.4 is 14.5 Å². The van der Waals surface area contributed by atoms with Crippen LogP contribution in [0.15, 0.2) is 109 Å². The first-order chi connectivity index (χ1) is 18.0. The average molecular weight is 484 g/mol. The number of fused-ring (bicyclic) bond motifs is 1. The number of pyridine rings is 1. The van der Waals surface area contributed by atoms with Crippen LogP contribution in [0.5, 0.6) is 11.5 Å². The van der Waals surface area contributed by atoms with Crippen LogP contribution in [0.4, 0.5) is 17.1 Å². The summed E-state index contributed by atoms with van der Waals surface area (Å²) in [5, 5.41) is 0. The molecular formula is C33H29N3O. The molecule has 4 aromatic carbocycles. The maximum atomic E-state index is 6.35. The number of ether oxygens (including phenoxy) is 1. The first kappa shape index (κ1) is 22.9. The summed E-state index contributed by atoms with van der Waals surface area (Å²) in [5.41, 5.74) is 10.5. The lowest BCUT2D eigenvalue weighted by molar-refractivity contribution is 0.483. The van der Waals surface area contributed by atoms with Crippen molar-refractivity contribution in [2.24, 2.45) is 0 Å². The van der Waals surface area contributed by atoms with Gasteiger partial charge < -0.3 is 14.5 Å². The van der Waals surface area contributed by atoms with Gasteiger partial charge in [-0.1, -0.05) is 48.5 Å². The Kier molecular flexibility index (Phi) is 5.85. The molecule has 0 spiro atoms. The summed E-state index contributed by atoms with van der Waals surface area (Å²) in [7, 11) is 2.14. The molecule has 0 amide bonds. The molecule has 2 heterocycles. The fourth-order valence-corrected chi connectivity index (χ4v) is 4.86. The molecule has 0 aliphatic carbocycles. The number of hydrogen-bond donors (Lipinski definition) is 0. The molecule has 0 bridgehead atoms. The number of anilines is 3. The molecule has 37 heavy (non-hydrogen) atoms. The molecule has 182 valence electrons. The molecule has 6 rings (SSSR count). The predicted octanol–water partition coefficient (Wildman–Crippen LogP) is 8.37. The van der Waals surface area contributed by atoms with Gasteiger partial charge in [0.05, 0.1) is 23.7 Å². The van der Waals surface area contributed by atoms with Gasteiger partial charge in [-0.05, 0) is 84.6 Å². The third-order valence-electron chi connectivity index (χ3n) is 7.01. The Morgan fingerprint density at radius 1 is 0.649 bits per heavy atom. The first-order valence-corrected chi connectivity index (χ1v) is 12.5. The Labute approximate surface area is 218 Å². The zero-order chi connectivity index (χ0) is 25.4. The molecule has 4 nitrogen and oxygen atoms in total. The Balaban J connectivity index is 1.27. The molecule has 1 aliphatic rings. The Morgan fingerprint density at radius 2 is 1.35 bits per heavy atom. The summed E-state index contributed by atoms with van der Waals surface area (Å²) in [6.45, 7) is 5.14. The second kappa shape index (κ2) is 9.47. The van der Waals surface area contributed by atoms with E-state index in [1.807, 2.05) is 36.5 Å². The standard InChI is InChI=1S/C33H29N3O/c1-23-17-32-33(18-24(23)2)36(22-35(32)3)28-12-8-14-30(21-28)37-29-13-7-11-27(19-29)31-20-26(15-16-34-31)25-9-5-4-6-10-25/h4-21H,22H2,1-3H3. The molecule has 1 aromatic heterocycles. The first-order valence-electron chi connectivity index (χ1n) is 12.5. The average Bonchev–Trinajstić information content (AvgIpc) is 3.25. The van der Waals surface area contributed by atoms with Gasteiger partial charge in [-0.25, -0.2) is 0 Å². The number of benzene rings is 4. The lowest BCUT2D eigenvalue weighted by Gasteiger charge is -2.20. The minimum absolute atomic E-state index is 0.784. The SMILES string of the molecule is Cc1cc2c(cc1C)N(c1cccc(Oc3cccc(-c4cc(-c5ccccc5)ccn4)c3)c1)CN2C. The highest BCUT2D eigenvalue weighted by molar-refractivity contribution is 5.83. The van der Waals surface area contributed by atoms with Crippen LogP contribution >= 0.6 is 0 Å². The third kappa shape index (κ3) is 4.54. The fourth-order valence-electron chi connectivity index (χ4n) is 4.86. The predicted molar refractivity (Wildman–Crippen MR) is 153 cm³/mol. The molecule has 0 N–H and O–H groups in total.